The third-order valence-electron chi connectivity index (χ3n) is 5.05. The highest BCUT2D eigenvalue weighted by Gasteiger charge is 2.65. The van der Waals surface area contributed by atoms with Crippen molar-refractivity contribution in [2.75, 3.05) is 6.54 Å². The molecule has 13 heteroatoms. The van der Waals surface area contributed by atoms with Gasteiger partial charge in [0.15, 0.2) is 11.6 Å². The Morgan fingerprint density at radius 2 is 1.57 bits per heavy atom. The first kappa shape index (κ1) is 25.1. The average molecular weight is 430 g/mol. The Bertz CT molecular complexity index is 754. The fourth-order valence-electron chi connectivity index (χ4n) is 3.62. The van der Waals surface area contributed by atoms with Crippen molar-refractivity contribution in [2.45, 2.75) is 56.3 Å². The minimum absolute atomic E-state index is 0.240. The van der Waals surface area contributed by atoms with E-state index in [2.05, 4.69) is 0 Å². The lowest BCUT2D eigenvalue weighted by molar-refractivity contribution is -0.167. The minimum atomic E-state index is -2.77. The molecule has 0 aromatic carbocycles. The molecule has 1 aliphatic heterocycles. The monoisotopic (exact) mass is 430 g/mol. The van der Waals surface area contributed by atoms with Crippen LogP contribution in [0.2, 0.25) is 0 Å². The summed E-state index contributed by atoms with van der Waals surface area (Å²) in [7, 11) is 0. The molecule has 5 unspecified atom stereocenters. The molecule has 1 saturated heterocycles. The molecule has 0 bridgehead atoms. The fraction of sp³-hybridized carbons (Fsp3) is 0.647. The molecule has 1 amide bonds. The van der Waals surface area contributed by atoms with E-state index in [0.29, 0.717) is 4.90 Å². The minimum Gasteiger partial charge on any atom is -0.481 e. The van der Waals surface area contributed by atoms with Crippen molar-refractivity contribution in [3.8, 4) is 0 Å². The summed E-state index contributed by atoms with van der Waals surface area (Å²) in [6.07, 6.45) is -2.07. The second-order valence-electron chi connectivity index (χ2n) is 7.20. The highest BCUT2D eigenvalue weighted by atomic mass is 16.4. The number of nitrogens with zero attached hydrogens (tertiary/aromatic N) is 1. The van der Waals surface area contributed by atoms with E-state index in [-0.39, 0.29) is 13.0 Å². The van der Waals surface area contributed by atoms with Crippen LogP contribution < -0.4 is 17.2 Å². The van der Waals surface area contributed by atoms with Crippen molar-refractivity contribution in [1.82, 2.24) is 4.90 Å². The summed E-state index contributed by atoms with van der Waals surface area (Å²) < 4.78 is 0. The lowest BCUT2D eigenvalue weighted by Gasteiger charge is -2.39. The summed E-state index contributed by atoms with van der Waals surface area (Å²) in [5.74, 6) is -9.33. The topological polar surface area (TPSA) is 244 Å². The maximum atomic E-state index is 13.2. The molecule has 1 rings (SSSR count). The largest absolute Gasteiger partial charge is 0.481 e. The lowest BCUT2D eigenvalue weighted by Crippen LogP contribution is -2.69. The molecule has 13 nitrogen and oxygen atoms in total. The van der Waals surface area contributed by atoms with Gasteiger partial charge in [0, 0.05) is 13.0 Å². The van der Waals surface area contributed by atoms with Gasteiger partial charge in [0.1, 0.15) is 0 Å². The average Bonchev–Trinajstić information content (AvgIpc) is 3.04. The fourth-order valence-corrected chi connectivity index (χ4v) is 3.62. The standard InChI is InChI=1S/C17H26N4O9/c1-7(18)13(26)8-4-5-21(15(28)10(20)6-12(24)25)17(8,16(29)30)14(27)9(19)2-3-11(22)23/h7-10H,2-6,18-20H2,1H3,(H,22,23)(H,24,25)(H,29,30). The number of hydrogen-bond acceptors (Lipinski definition) is 9. The Morgan fingerprint density at radius 3 is 2.00 bits per heavy atom. The van der Waals surface area contributed by atoms with E-state index in [4.69, 9.17) is 27.4 Å². The van der Waals surface area contributed by atoms with Crippen LogP contribution in [0.1, 0.15) is 32.6 Å². The van der Waals surface area contributed by atoms with Crippen molar-refractivity contribution in [3.63, 3.8) is 0 Å². The number of carbonyl (C=O) groups is 6. The Hall–Kier alpha value is -2.90. The number of ketones is 2. The summed E-state index contributed by atoms with van der Waals surface area (Å²) in [6, 6.07) is -4.46. The van der Waals surface area contributed by atoms with E-state index in [0.717, 1.165) is 0 Å². The van der Waals surface area contributed by atoms with Gasteiger partial charge in [-0.15, -0.1) is 0 Å². The van der Waals surface area contributed by atoms with Crippen LogP contribution in [0.15, 0.2) is 0 Å². The number of Topliss-reactive ketones (excluding diaryl/α,β-unsaturated/α-hetero) is 2. The van der Waals surface area contributed by atoms with Crippen LogP contribution in [0.3, 0.4) is 0 Å². The van der Waals surface area contributed by atoms with Gasteiger partial charge < -0.3 is 37.4 Å². The van der Waals surface area contributed by atoms with Gasteiger partial charge in [0.25, 0.3) is 0 Å². The Morgan fingerprint density at radius 1 is 1.00 bits per heavy atom. The zero-order chi connectivity index (χ0) is 23.4. The predicted molar refractivity (Wildman–Crippen MR) is 98.9 cm³/mol. The first-order valence-electron chi connectivity index (χ1n) is 9.11. The second kappa shape index (κ2) is 9.73. The Kier molecular flexibility index (Phi) is 8.16. The number of aliphatic carboxylic acids is 3. The summed E-state index contributed by atoms with van der Waals surface area (Å²) in [4.78, 5) is 73.2. The maximum absolute atomic E-state index is 13.2. The normalized spacial score (nSPS) is 24.0. The molecule has 0 spiro atoms. The Balaban J connectivity index is 3.52. The zero-order valence-electron chi connectivity index (χ0n) is 16.3. The van der Waals surface area contributed by atoms with Gasteiger partial charge in [-0.05, 0) is 19.8 Å². The number of carboxylic acid groups (broad SMARTS) is 3. The van der Waals surface area contributed by atoms with Crippen LogP contribution in [0.4, 0.5) is 0 Å². The van der Waals surface area contributed by atoms with Crippen molar-refractivity contribution in [3.05, 3.63) is 0 Å². The van der Waals surface area contributed by atoms with Gasteiger partial charge in [-0.1, -0.05) is 0 Å². The summed E-state index contributed by atoms with van der Waals surface area (Å²) in [6.45, 7) is 0.906. The van der Waals surface area contributed by atoms with Gasteiger partial charge in [-0.2, -0.15) is 0 Å². The number of carbonyl (C=O) groups excluding carboxylic acids is 3. The van der Waals surface area contributed by atoms with Crippen LogP contribution in [0.25, 0.3) is 0 Å². The maximum Gasteiger partial charge on any atom is 0.338 e. The van der Waals surface area contributed by atoms with Gasteiger partial charge >= 0.3 is 17.9 Å². The SMILES string of the molecule is CC(N)C(=O)C1CCN(C(=O)C(N)CC(=O)O)C1(C(=O)O)C(=O)C(N)CCC(=O)O. The van der Waals surface area contributed by atoms with E-state index in [1.807, 2.05) is 0 Å². The molecular formula is C17H26N4O9. The molecule has 30 heavy (non-hydrogen) atoms. The molecule has 1 heterocycles. The molecule has 168 valence electrons. The van der Waals surface area contributed by atoms with Crippen molar-refractivity contribution in [1.29, 1.82) is 0 Å². The molecule has 0 aromatic heterocycles. The molecule has 1 fully saturated rings. The van der Waals surface area contributed by atoms with Crippen molar-refractivity contribution in [2.24, 2.45) is 23.1 Å². The molecular weight excluding hydrogens is 404 g/mol. The van der Waals surface area contributed by atoms with E-state index in [9.17, 15) is 33.9 Å². The third kappa shape index (κ3) is 4.80. The van der Waals surface area contributed by atoms with Crippen LogP contribution in [-0.2, 0) is 28.8 Å². The smallest absolute Gasteiger partial charge is 0.338 e. The molecule has 9 N–H and O–H groups in total. The quantitative estimate of drug-likeness (QED) is 0.181. The number of rotatable bonds is 11. The summed E-state index contributed by atoms with van der Waals surface area (Å²) >= 11 is 0. The predicted octanol–water partition coefficient (Wildman–Crippen LogP) is -2.86. The van der Waals surface area contributed by atoms with Crippen LogP contribution >= 0.6 is 0 Å². The zero-order valence-corrected chi connectivity index (χ0v) is 16.3. The molecule has 0 aromatic rings. The molecule has 1 aliphatic rings. The summed E-state index contributed by atoms with van der Waals surface area (Å²) in [5, 5.41) is 27.7. The van der Waals surface area contributed by atoms with E-state index in [1.165, 1.54) is 6.92 Å². The number of nitrogens with two attached hydrogens (primary N) is 3. The number of carboxylic acids is 3. The first-order valence-corrected chi connectivity index (χ1v) is 9.11. The highest BCUT2D eigenvalue weighted by Crippen LogP contribution is 2.39. The van der Waals surface area contributed by atoms with E-state index < -0.39 is 84.2 Å². The third-order valence-corrected chi connectivity index (χ3v) is 5.05. The van der Waals surface area contributed by atoms with Crippen LogP contribution in [-0.4, -0.2) is 85.8 Å². The number of amides is 1. The number of likely N-dealkylation sites (tertiary alicyclic amines) is 1. The highest BCUT2D eigenvalue weighted by molar-refractivity contribution is 6.17. The van der Waals surface area contributed by atoms with E-state index in [1.54, 1.807) is 0 Å². The molecule has 0 saturated carbocycles. The van der Waals surface area contributed by atoms with Crippen molar-refractivity contribution >= 4 is 35.4 Å². The van der Waals surface area contributed by atoms with Crippen molar-refractivity contribution < 1.29 is 44.1 Å². The molecule has 0 radical (unpaired) electrons. The summed E-state index contributed by atoms with van der Waals surface area (Å²) in [5.41, 5.74) is 14.1. The van der Waals surface area contributed by atoms with Crippen LogP contribution in [0.5, 0.6) is 0 Å². The van der Waals surface area contributed by atoms with E-state index >= 15 is 0 Å². The van der Waals surface area contributed by atoms with Gasteiger partial charge in [-0.3, -0.25) is 24.0 Å². The first-order chi connectivity index (χ1) is 13.8. The van der Waals surface area contributed by atoms with Gasteiger partial charge in [-0.25, -0.2) is 4.79 Å². The molecule has 5 atom stereocenters. The van der Waals surface area contributed by atoms with Crippen LogP contribution in [0, 0.1) is 5.92 Å². The van der Waals surface area contributed by atoms with Gasteiger partial charge in [0.05, 0.1) is 30.5 Å². The number of hydrogen-bond donors (Lipinski definition) is 6. The Labute approximate surface area is 171 Å². The molecule has 0 aliphatic carbocycles. The van der Waals surface area contributed by atoms with Gasteiger partial charge in [0.2, 0.25) is 11.4 Å². The second-order valence-corrected chi connectivity index (χ2v) is 7.20. The lowest BCUT2D eigenvalue weighted by atomic mass is 9.74.